The molecule has 2 fully saturated rings. The van der Waals surface area contributed by atoms with Crippen molar-refractivity contribution in [1.82, 2.24) is 20.4 Å². The highest BCUT2D eigenvalue weighted by molar-refractivity contribution is 6.05. The average Bonchev–Trinajstić information content (AvgIpc) is 2.98. The number of hydrogen-bond acceptors (Lipinski definition) is 4. The van der Waals surface area contributed by atoms with Crippen molar-refractivity contribution in [2.75, 3.05) is 14.2 Å². The molecule has 2 aliphatic rings. The van der Waals surface area contributed by atoms with Crippen LogP contribution in [-0.2, 0) is 0 Å². The molecule has 6 nitrogen and oxygen atoms in total. The van der Waals surface area contributed by atoms with Gasteiger partial charge in [-0.1, -0.05) is 6.42 Å². The van der Waals surface area contributed by atoms with Crippen molar-refractivity contribution in [3.05, 3.63) is 23.9 Å². The maximum atomic E-state index is 12.7. The summed E-state index contributed by atoms with van der Waals surface area (Å²) in [6.45, 7) is 0. The molecule has 3 heterocycles. The summed E-state index contributed by atoms with van der Waals surface area (Å²) in [4.78, 5) is 15.2. The number of piperidine rings is 2. The number of hydrogen-bond donors (Lipinski definition) is 2. The molecule has 2 aliphatic heterocycles. The number of carbonyl (C=O) groups excluding carboxylic acids is 1. The van der Waals surface area contributed by atoms with E-state index in [9.17, 15) is 4.79 Å². The topological polar surface area (TPSA) is 70.2 Å². The lowest BCUT2D eigenvalue weighted by Gasteiger charge is -2.47. The molecule has 1 unspecified atom stereocenters. The SMILES string of the molecule is COc1ccc2[nH]nc(C(=O)NC3C[C@H]4CCC[C@@H](C3)N4C)c2c1. The Kier molecular flexibility index (Phi) is 3.92. The second kappa shape index (κ2) is 6.09. The molecule has 2 N–H and O–H groups in total. The number of aromatic nitrogens is 2. The highest BCUT2D eigenvalue weighted by Crippen LogP contribution is 2.33. The Morgan fingerprint density at radius 3 is 2.79 bits per heavy atom. The molecular formula is C18H24N4O2. The molecule has 0 saturated carbocycles. The van der Waals surface area contributed by atoms with Crippen LogP contribution in [0.15, 0.2) is 18.2 Å². The van der Waals surface area contributed by atoms with Gasteiger partial charge in [0.15, 0.2) is 5.69 Å². The van der Waals surface area contributed by atoms with Gasteiger partial charge in [0.25, 0.3) is 5.91 Å². The van der Waals surface area contributed by atoms with E-state index >= 15 is 0 Å². The molecule has 0 aliphatic carbocycles. The standard InChI is InChI=1S/C18H24N4O2/c1-22-12-4-3-5-13(22)9-11(8-12)19-18(23)17-15-10-14(24-2)6-7-16(15)20-21-17/h6-7,10-13H,3-5,8-9H2,1-2H3,(H,19,23)(H,20,21)/t11?,12-,13+. The van der Waals surface area contributed by atoms with Crippen LogP contribution < -0.4 is 10.1 Å². The number of amides is 1. The number of rotatable bonds is 3. The van der Waals surface area contributed by atoms with Crippen LogP contribution >= 0.6 is 0 Å². The third-order valence-electron chi connectivity index (χ3n) is 5.66. The summed E-state index contributed by atoms with van der Waals surface area (Å²) in [5.41, 5.74) is 1.30. The average molecular weight is 328 g/mol. The number of ether oxygens (including phenoxy) is 1. The lowest BCUT2D eigenvalue weighted by molar-refractivity contribution is 0.0462. The first-order chi connectivity index (χ1) is 11.7. The van der Waals surface area contributed by atoms with Gasteiger partial charge in [0.1, 0.15) is 5.75 Å². The van der Waals surface area contributed by atoms with Gasteiger partial charge in [-0.15, -0.1) is 0 Å². The molecule has 24 heavy (non-hydrogen) atoms. The molecule has 128 valence electrons. The number of aromatic amines is 1. The van der Waals surface area contributed by atoms with Gasteiger partial charge in [-0.3, -0.25) is 9.89 Å². The van der Waals surface area contributed by atoms with E-state index in [2.05, 4.69) is 27.5 Å². The minimum absolute atomic E-state index is 0.0953. The van der Waals surface area contributed by atoms with Crippen molar-refractivity contribution in [3.63, 3.8) is 0 Å². The van der Waals surface area contributed by atoms with Crippen molar-refractivity contribution >= 4 is 16.8 Å². The number of H-pyrrole nitrogens is 1. The molecule has 1 aromatic carbocycles. The Balaban J connectivity index is 1.52. The van der Waals surface area contributed by atoms with E-state index in [0.29, 0.717) is 17.8 Å². The largest absolute Gasteiger partial charge is 0.497 e. The smallest absolute Gasteiger partial charge is 0.272 e. The van der Waals surface area contributed by atoms with Crippen LogP contribution in [0.1, 0.15) is 42.6 Å². The predicted octanol–water partition coefficient (Wildman–Crippen LogP) is 2.32. The van der Waals surface area contributed by atoms with E-state index in [1.165, 1.54) is 19.3 Å². The fraction of sp³-hybridized carbons (Fsp3) is 0.556. The van der Waals surface area contributed by atoms with E-state index in [-0.39, 0.29) is 11.9 Å². The lowest BCUT2D eigenvalue weighted by Crippen LogP contribution is -2.55. The summed E-state index contributed by atoms with van der Waals surface area (Å²) in [7, 11) is 3.85. The number of nitrogens with one attached hydrogen (secondary N) is 2. The summed E-state index contributed by atoms with van der Waals surface area (Å²) in [6.07, 6.45) is 5.85. The summed E-state index contributed by atoms with van der Waals surface area (Å²) in [5.74, 6) is 0.633. The van der Waals surface area contributed by atoms with Gasteiger partial charge in [0, 0.05) is 23.5 Å². The Bertz CT molecular complexity index is 743. The monoisotopic (exact) mass is 328 g/mol. The molecule has 3 atom stereocenters. The van der Waals surface area contributed by atoms with Crippen molar-refractivity contribution in [2.45, 2.75) is 50.2 Å². The minimum atomic E-state index is -0.0953. The normalized spacial score (nSPS) is 27.2. The van der Waals surface area contributed by atoms with Gasteiger partial charge >= 0.3 is 0 Å². The van der Waals surface area contributed by atoms with Crippen LogP contribution in [0, 0.1) is 0 Å². The zero-order chi connectivity index (χ0) is 16.7. The van der Waals surface area contributed by atoms with Crippen LogP contribution in [0.5, 0.6) is 5.75 Å². The zero-order valence-electron chi connectivity index (χ0n) is 14.2. The van der Waals surface area contributed by atoms with Gasteiger partial charge in [-0.2, -0.15) is 5.10 Å². The molecule has 4 rings (SSSR count). The molecule has 0 spiro atoms. The van der Waals surface area contributed by atoms with Crippen LogP contribution in [0.4, 0.5) is 0 Å². The van der Waals surface area contributed by atoms with E-state index < -0.39 is 0 Å². The molecule has 2 bridgehead atoms. The maximum absolute atomic E-state index is 12.7. The van der Waals surface area contributed by atoms with Crippen molar-refractivity contribution in [2.24, 2.45) is 0 Å². The second-order valence-electron chi connectivity index (χ2n) is 7.03. The Morgan fingerprint density at radius 2 is 2.08 bits per heavy atom. The van der Waals surface area contributed by atoms with Crippen molar-refractivity contribution in [1.29, 1.82) is 0 Å². The van der Waals surface area contributed by atoms with Crippen LogP contribution in [0.3, 0.4) is 0 Å². The predicted molar refractivity (Wildman–Crippen MR) is 92.3 cm³/mol. The Hall–Kier alpha value is -2.08. The molecule has 1 amide bonds. The summed E-state index contributed by atoms with van der Waals surface area (Å²) in [6, 6.07) is 7.04. The fourth-order valence-corrected chi connectivity index (χ4v) is 4.28. The molecule has 1 aromatic heterocycles. The number of carbonyl (C=O) groups is 1. The first-order valence-electron chi connectivity index (χ1n) is 8.70. The number of methoxy groups -OCH3 is 1. The lowest BCUT2D eigenvalue weighted by atomic mass is 9.82. The summed E-state index contributed by atoms with van der Waals surface area (Å²) < 4.78 is 5.26. The second-order valence-corrected chi connectivity index (χ2v) is 7.03. The van der Waals surface area contributed by atoms with Gasteiger partial charge in [-0.25, -0.2) is 0 Å². The van der Waals surface area contributed by atoms with Crippen LogP contribution in [-0.4, -0.2) is 53.3 Å². The Morgan fingerprint density at radius 1 is 1.33 bits per heavy atom. The van der Waals surface area contributed by atoms with Gasteiger partial charge < -0.3 is 15.0 Å². The van der Waals surface area contributed by atoms with E-state index in [1.807, 2.05) is 18.2 Å². The van der Waals surface area contributed by atoms with Gasteiger partial charge in [0.05, 0.1) is 12.6 Å². The summed E-state index contributed by atoms with van der Waals surface area (Å²) in [5, 5.41) is 11.2. The molecule has 6 heteroatoms. The van der Waals surface area contributed by atoms with Gasteiger partial charge in [0.2, 0.25) is 0 Å². The molecule has 2 saturated heterocycles. The van der Waals surface area contributed by atoms with Crippen molar-refractivity contribution in [3.8, 4) is 5.75 Å². The third kappa shape index (κ3) is 2.65. The zero-order valence-corrected chi connectivity index (χ0v) is 14.2. The number of fused-ring (bicyclic) bond motifs is 3. The summed E-state index contributed by atoms with van der Waals surface area (Å²) >= 11 is 0. The highest BCUT2D eigenvalue weighted by Gasteiger charge is 2.36. The highest BCUT2D eigenvalue weighted by atomic mass is 16.5. The minimum Gasteiger partial charge on any atom is -0.497 e. The fourth-order valence-electron chi connectivity index (χ4n) is 4.28. The van der Waals surface area contributed by atoms with Crippen LogP contribution in [0.2, 0.25) is 0 Å². The molecule has 2 aromatic rings. The van der Waals surface area contributed by atoms with E-state index in [4.69, 9.17) is 4.74 Å². The van der Waals surface area contributed by atoms with Crippen molar-refractivity contribution < 1.29 is 9.53 Å². The van der Waals surface area contributed by atoms with E-state index in [0.717, 1.165) is 29.5 Å². The maximum Gasteiger partial charge on any atom is 0.272 e. The first kappa shape index (κ1) is 15.4. The first-order valence-corrected chi connectivity index (χ1v) is 8.70. The molecule has 0 radical (unpaired) electrons. The number of nitrogens with zero attached hydrogens (tertiary/aromatic N) is 2. The number of benzene rings is 1. The van der Waals surface area contributed by atoms with E-state index in [1.54, 1.807) is 7.11 Å². The molecular weight excluding hydrogens is 304 g/mol. The van der Waals surface area contributed by atoms with Gasteiger partial charge in [-0.05, 0) is 50.9 Å². The van der Waals surface area contributed by atoms with Crippen LogP contribution in [0.25, 0.3) is 10.9 Å². The Labute approximate surface area is 141 Å². The third-order valence-corrected chi connectivity index (χ3v) is 5.66. The quantitative estimate of drug-likeness (QED) is 0.907.